The molecule has 44 heavy (non-hydrogen) atoms. The first-order valence-corrected chi connectivity index (χ1v) is 15.3. The summed E-state index contributed by atoms with van der Waals surface area (Å²) in [6.07, 6.45) is 0. The molecule has 9 rings (SSSR count). The van der Waals surface area contributed by atoms with Gasteiger partial charge in [-0.15, -0.1) is 0 Å². The summed E-state index contributed by atoms with van der Waals surface area (Å²) < 4.78 is 0. The molecule has 0 aliphatic rings. The summed E-state index contributed by atoms with van der Waals surface area (Å²) in [5.74, 6) is 0. The van der Waals surface area contributed by atoms with Crippen molar-refractivity contribution in [3.63, 3.8) is 0 Å². The maximum absolute atomic E-state index is 2.41. The van der Waals surface area contributed by atoms with Crippen molar-refractivity contribution in [1.82, 2.24) is 0 Å². The number of hydrogen-bond donors (Lipinski definition) is 0. The second-order valence-electron chi connectivity index (χ2n) is 11.7. The average molecular weight is 557 g/mol. The third kappa shape index (κ3) is 3.85. The minimum absolute atomic E-state index is 1.23. The zero-order valence-electron chi connectivity index (χ0n) is 24.2. The zero-order valence-corrected chi connectivity index (χ0v) is 24.2. The molecule has 0 amide bonds. The van der Waals surface area contributed by atoms with Crippen molar-refractivity contribution in [2.45, 2.75) is 0 Å². The van der Waals surface area contributed by atoms with E-state index in [0.717, 1.165) is 0 Å². The third-order valence-electron chi connectivity index (χ3n) is 9.23. The monoisotopic (exact) mass is 556 g/mol. The van der Waals surface area contributed by atoms with Crippen LogP contribution in [0.2, 0.25) is 0 Å². The van der Waals surface area contributed by atoms with Gasteiger partial charge in [-0.25, -0.2) is 0 Å². The van der Waals surface area contributed by atoms with E-state index in [-0.39, 0.29) is 0 Å². The maximum atomic E-state index is 2.41. The average Bonchev–Trinajstić information content (AvgIpc) is 3.10. The third-order valence-corrected chi connectivity index (χ3v) is 9.23. The molecule has 0 radical (unpaired) electrons. The van der Waals surface area contributed by atoms with Gasteiger partial charge in [-0.2, -0.15) is 0 Å². The molecule has 0 aliphatic heterocycles. The molecular weight excluding hydrogens is 528 g/mol. The fourth-order valence-corrected chi connectivity index (χ4v) is 7.19. The summed E-state index contributed by atoms with van der Waals surface area (Å²) in [7, 11) is 0. The van der Waals surface area contributed by atoms with Crippen LogP contribution < -0.4 is 0 Å². The molecule has 204 valence electrons. The van der Waals surface area contributed by atoms with Gasteiger partial charge in [0.15, 0.2) is 0 Å². The number of fused-ring (bicyclic) bond motifs is 6. The van der Waals surface area contributed by atoms with Gasteiger partial charge in [0.1, 0.15) is 0 Å². The molecule has 0 aromatic heterocycles. The molecule has 0 saturated heterocycles. The quantitative estimate of drug-likeness (QED) is 0.150. The Kier molecular flexibility index (Phi) is 5.61. The van der Waals surface area contributed by atoms with Crippen molar-refractivity contribution < 1.29 is 0 Å². The lowest BCUT2D eigenvalue weighted by molar-refractivity contribution is 1.64. The molecule has 0 N–H and O–H groups in total. The minimum atomic E-state index is 1.23. The molecule has 0 unspecified atom stereocenters. The van der Waals surface area contributed by atoms with E-state index in [1.807, 2.05) is 0 Å². The molecular formula is C44H28. The normalized spacial score (nSPS) is 11.6. The van der Waals surface area contributed by atoms with Crippen LogP contribution in [0, 0.1) is 0 Å². The maximum Gasteiger partial charge on any atom is -0.00199 e. The molecule has 0 bridgehead atoms. The molecule has 0 heteroatoms. The molecule has 0 heterocycles. The van der Waals surface area contributed by atoms with Crippen LogP contribution >= 0.6 is 0 Å². The Bertz CT molecular complexity index is 2540. The molecule has 9 aromatic carbocycles. The van der Waals surface area contributed by atoms with Gasteiger partial charge in [0.2, 0.25) is 0 Å². The summed E-state index contributed by atoms with van der Waals surface area (Å²) in [6, 6.07) is 62.4. The van der Waals surface area contributed by atoms with Crippen molar-refractivity contribution in [3.05, 3.63) is 170 Å². The van der Waals surface area contributed by atoms with Crippen molar-refractivity contribution in [3.8, 4) is 33.4 Å². The molecule has 0 spiro atoms. The second-order valence-corrected chi connectivity index (χ2v) is 11.7. The summed E-state index contributed by atoms with van der Waals surface area (Å²) in [5, 5.41) is 12.7. The van der Waals surface area contributed by atoms with Crippen LogP contribution in [0.5, 0.6) is 0 Å². The highest BCUT2D eigenvalue weighted by atomic mass is 14.2. The van der Waals surface area contributed by atoms with Crippen molar-refractivity contribution in [2.75, 3.05) is 0 Å². The van der Waals surface area contributed by atoms with Crippen LogP contribution in [0.25, 0.3) is 87.2 Å². The topological polar surface area (TPSA) is 0 Å². The lowest BCUT2D eigenvalue weighted by atomic mass is 9.83. The van der Waals surface area contributed by atoms with E-state index >= 15 is 0 Å². The Labute approximate surface area is 256 Å². The van der Waals surface area contributed by atoms with Gasteiger partial charge in [-0.1, -0.05) is 158 Å². The molecule has 0 fully saturated rings. The first kappa shape index (κ1) is 24.8. The van der Waals surface area contributed by atoms with Crippen LogP contribution in [0.1, 0.15) is 0 Å². The van der Waals surface area contributed by atoms with E-state index in [1.54, 1.807) is 0 Å². The molecule has 9 aromatic rings. The van der Waals surface area contributed by atoms with Crippen LogP contribution in [0.4, 0.5) is 0 Å². The lowest BCUT2D eigenvalue weighted by Gasteiger charge is -2.20. The van der Waals surface area contributed by atoms with Gasteiger partial charge in [0.25, 0.3) is 0 Å². The predicted octanol–water partition coefficient (Wildman–Crippen LogP) is 12.5. The van der Waals surface area contributed by atoms with Crippen LogP contribution in [0.15, 0.2) is 170 Å². The van der Waals surface area contributed by atoms with Gasteiger partial charge in [0.05, 0.1) is 0 Å². The fraction of sp³-hybridized carbons (Fsp3) is 0. The van der Waals surface area contributed by atoms with E-state index in [1.165, 1.54) is 87.2 Å². The van der Waals surface area contributed by atoms with Crippen LogP contribution in [-0.4, -0.2) is 0 Å². The van der Waals surface area contributed by atoms with Crippen molar-refractivity contribution in [1.29, 1.82) is 0 Å². The van der Waals surface area contributed by atoms with Crippen molar-refractivity contribution in [2.24, 2.45) is 0 Å². The van der Waals surface area contributed by atoms with E-state index in [2.05, 4.69) is 170 Å². The fourth-order valence-electron chi connectivity index (χ4n) is 7.19. The second kappa shape index (κ2) is 9.93. The smallest absolute Gasteiger partial charge is 0.00199 e. The largest absolute Gasteiger partial charge is 0.0622 e. The summed E-state index contributed by atoms with van der Waals surface area (Å²) in [4.78, 5) is 0. The number of hydrogen-bond acceptors (Lipinski definition) is 0. The van der Waals surface area contributed by atoms with Crippen molar-refractivity contribution >= 4 is 53.9 Å². The first-order chi connectivity index (χ1) is 21.8. The molecule has 0 aliphatic carbocycles. The number of benzene rings is 9. The highest BCUT2D eigenvalue weighted by Crippen LogP contribution is 2.47. The van der Waals surface area contributed by atoms with Gasteiger partial charge < -0.3 is 0 Å². The van der Waals surface area contributed by atoms with Gasteiger partial charge in [-0.05, 0) is 99.4 Å². The van der Waals surface area contributed by atoms with Gasteiger partial charge in [-0.3, -0.25) is 0 Å². The summed E-state index contributed by atoms with van der Waals surface area (Å²) in [6.45, 7) is 0. The lowest BCUT2D eigenvalue weighted by Crippen LogP contribution is -1.93. The van der Waals surface area contributed by atoms with Crippen LogP contribution in [0.3, 0.4) is 0 Å². The van der Waals surface area contributed by atoms with E-state index < -0.39 is 0 Å². The minimum Gasteiger partial charge on any atom is -0.0622 e. The summed E-state index contributed by atoms with van der Waals surface area (Å²) >= 11 is 0. The summed E-state index contributed by atoms with van der Waals surface area (Å²) in [5.41, 5.74) is 7.54. The Hall–Kier alpha value is -5.72. The van der Waals surface area contributed by atoms with Gasteiger partial charge in [0, 0.05) is 0 Å². The highest BCUT2D eigenvalue weighted by Gasteiger charge is 2.19. The van der Waals surface area contributed by atoms with Crippen LogP contribution in [-0.2, 0) is 0 Å². The molecule has 0 saturated carbocycles. The molecule has 0 nitrogen and oxygen atoms in total. The Morgan fingerprint density at radius 1 is 0.227 bits per heavy atom. The highest BCUT2D eigenvalue weighted by molar-refractivity contribution is 6.25. The zero-order chi connectivity index (χ0) is 29.0. The first-order valence-electron chi connectivity index (χ1n) is 15.3. The molecule has 0 atom stereocenters. The standard InChI is InChI=1S/C44H28/c1-2-11-29(12-3-1)33-24-26-41-42(28-33)44(38-20-10-19-36-35-16-7-6-14-31(35)23-25-37(36)38)40-18-9-8-17-39(40)43(41)34-22-21-30-13-4-5-15-32(30)27-34/h1-28H. The van der Waals surface area contributed by atoms with Gasteiger partial charge >= 0.3 is 0 Å². The Balaban J connectivity index is 1.45. The Morgan fingerprint density at radius 3 is 1.66 bits per heavy atom. The van der Waals surface area contributed by atoms with E-state index in [9.17, 15) is 0 Å². The number of rotatable bonds is 3. The van der Waals surface area contributed by atoms with E-state index in [4.69, 9.17) is 0 Å². The van der Waals surface area contributed by atoms with E-state index in [0.29, 0.717) is 0 Å². The SMILES string of the molecule is c1ccc(-c2ccc3c(-c4ccc5ccccc5c4)c4ccccc4c(-c4cccc5c4ccc4ccccc45)c3c2)cc1. The Morgan fingerprint density at radius 2 is 0.818 bits per heavy atom. The predicted molar refractivity (Wildman–Crippen MR) is 190 cm³/mol.